The summed E-state index contributed by atoms with van der Waals surface area (Å²) in [5.41, 5.74) is 0. The van der Waals surface area contributed by atoms with Gasteiger partial charge in [-0.25, -0.2) is 0 Å². The van der Waals surface area contributed by atoms with E-state index in [1.165, 1.54) is 11.3 Å². The predicted octanol–water partition coefficient (Wildman–Crippen LogP) is 2.49. The van der Waals surface area contributed by atoms with Gasteiger partial charge in [0.05, 0.1) is 15.5 Å². The summed E-state index contributed by atoms with van der Waals surface area (Å²) in [5, 5.41) is 11.0. The number of carbonyl (C=O) groups excluding carboxylic acids is 1. The van der Waals surface area contributed by atoms with Gasteiger partial charge in [0, 0.05) is 0 Å². The molecule has 0 radical (unpaired) electrons. The second kappa shape index (κ2) is 3.93. The monoisotopic (exact) mass is 271 g/mol. The third-order valence-corrected chi connectivity index (χ3v) is 3.05. The van der Waals surface area contributed by atoms with Crippen LogP contribution in [0, 0.1) is 0 Å². The number of hydrogen-bond donors (Lipinski definition) is 2. The summed E-state index contributed by atoms with van der Waals surface area (Å²) in [5.74, 6) is 0.438. The van der Waals surface area contributed by atoms with Gasteiger partial charge in [-0.2, -0.15) is 5.10 Å². The highest BCUT2D eigenvalue weighted by atomic mass is 79.9. The van der Waals surface area contributed by atoms with Crippen LogP contribution in [0.25, 0.3) is 0 Å². The maximum absolute atomic E-state index is 11.6. The molecule has 0 aliphatic carbocycles. The van der Waals surface area contributed by atoms with E-state index >= 15 is 0 Å². The van der Waals surface area contributed by atoms with Crippen LogP contribution in [0.2, 0.25) is 0 Å². The molecule has 0 atom stereocenters. The van der Waals surface area contributed by atoms with Crippen molar-refractivity contribution in [2.45, 2.75) is 0 Å². The number of amides is 1. The zero-order chi connectivity index (χ0) is 9.97. The van der Waals surface area contributed by atoms with E-state index in [1.807, 2.05) is 11.4 Å². The van der Waals surface area contributed by atoms with Gasteiger partial charge in [0.25, 0.3) is 5.91 Å². The highest BCUT2D eigenvalue weighted by Crippen LogP contribution is 2.19. The Morgan fingerprint density at radius 2 is 2.50 bits per heavy atom. The second-order valence-electron chi connectivity index (χ2n) is 2.52. The molecule has 0 saturated carbocycles. The Balaban J connectivity index is 2.13. The Kier molecular flexibility index (Phi) is 2.64. The summed E-state index contributed by atoms with van der Waals surface area (Å²) in [7, 11) is 0. The maximum Gasteiger partial charge on any atom is 0.266 e. The minimum absolute atomic E-state index is 0.134. The van der Waals surface area contributed by atoms with Crippen molar-refractivity contribution in [3.63, 3.8) is 0 Å². The SMILES string of the molecule is O=C(Nc1[nH]ncc1Br)c1cccs1. The molecule has 14 heavy (non-hydrogen) atoms. The maximum atomic E-state index is 11.6. The fraction of sp³-hybridized carbons (Fsp3) is 0. The smallest absolute Gasteiger partial charge is 0.266 e. The molecule has 1 amide bonds. The van der Waals surface area contributed by atoms with Crippen molar-refractivity contribution in [2.24, 2.45) is 0 Å². The summed E-state index contributed by atoms with van der Waals surface area (Å²) >= 11 is 4.65. The fourth-order valence-electron chi connectivity index (χ4n) is 0.942. The lowest BCUT2D eigenvalue weighted by molar-refractivity contribution is 0.103. The van der Waals surface area contributed by atoms with Crippen LogP contribution in [0.4, 0.5) is 5.82 Å². The highest BCUT2D eigenvalue weighted by molar-refractivity contribution is 9.10. The third-order valence-electron chi connectivity index (χ3n) is 1.58. The van der Waals surface area contributed by atoms with Crippen molar-refractivity contribution in [1.29, 1.82) is 0 Å². The molecule has 0 aliphatic heterocycles. The largest absolute Gasteiger partial charge is 0.305 e. The van der Waals surface area contributed by atoms with E-state index in [-0.39, 0.29) is 5.91 Å². The normalized spacial score (nSPS) is 10.1. The molecule has 0 saturated heterocycles. The van der Waals surface area contributed by atoms with E-state index in [0.717, 1.165) is 4.47 Å². The Bertz CT molecular complexity index is 437. The number of nitrogens with zero attached hydrogens (tertiary/aromatic N) is 1. The standard InChI is InChI=1S/C8H6BrN3OS/c9-5-4-10-12-7(5)11-8(13)6-2-1-3-14-6/h1-4H,(H2,10,11,12,13). The van der Waals surface area contributed by atoms with Crippen molar-refractivity contribution in [3.8, 4) is 0 Å². The van der Waals surface area contributed by atoms with Crippen LogP contribution in [-0.2, 0) is 0 Å². The number of anilines is 1. The molecule has 0 unspecified atom stereocenters. The first-order valence-corrected chi connectivity index (χ1v) is 5.48. The zero-order valence-electron chi connectivity index (χ0n) is 6.95. The van der Waals surface area contributed by atoms with Crippen LogP contribution in [0.3, 0.4) is 0 Å². The molecule has 72 valence electrons. The molecule has 0 aromatic carbocycles. The van der Waals surface area contributed by atoms with Crippen LogP contribution in [0.1, 0.15) is 9.67 Å². The van der Waals surface area contributed by atoms with Crippen molar-refractivity contribution < 1.29 is 4.79 Å². The molecule has 0 aliphatic rings. The number of hydrogen-bond acceptors (Lipinski definition) is 3. The lowest BCUT2D eigenvalue weighted by atomic mass is 10.4. The van der Waals surface area contributed by atoms with Gasteiger partial charge < -0.3 is 5.32 Å². The molecule has 2 aromatic heterocycles. The van der Waals surface area contributed by atoms with Crippen molar-refractivity contribution in [3.05, 3.63) is 33.1 Å². The number of H-pyrrole nitrogens is 1. The predicted molar refractivity (Wildman–Crippen MR) is 58.6 cm³/mol. The van der Waals surface area contributed by atoms with Gasteiger partial charge in [0.1, 0.15) is 5.82 Å². The summed E-state index contributed by atoms with van der Waals surface area (Å²) in [4.78, 5) is 12.2. The zero-order valence-corrected chi connectivity index (χ0v) is 9.35. The molecule has 2 N–H and O–H groups in total. The van der Waals surface area contributed by atoms with Gasteiger partial charge in [-0.05, 0) is 27.4 Å². The Morgan fingerprint density at radius 3 is 3.07 bits per heavy atom. The minimum Gasteiger partial charge on any atom is -0.305 e. The van der Waals surface area contributed by atoms with Crippen molar-refractivity contribution >= 4 is 39.0 Å². The first-order valence-electron chi connectivity index (χ1n) is 3.81. The van der Waals surface area contributed by atoms with Gasteiger partial charge in [-0.15, -0.1) is 11.3 Å². The summed E-state index contributed by atoms with van der Waals surface area (Å²) in [6.07, 6.45) is 1.59. The number of aromatic nitrogens is 2. The van der Waals surface area contributed by atoms with Crippen LogP contribution >= 0.6 is 27.3 Å². The van der Waals surface area contributed by atoms with Crippen molar-refractivity contribution in [1.82, 2.24) is 10.2 Å². The summed E-state index contributed by atoms with van der Waals surface area (Å²) < 4.78 is 0.738. The Labute approximate surface area is 92.5 Å². The first-order chi connectivity index (χ1) is 6.77. The van der Waals surface area contributed by atoms with Gasteiger partial charge in [-0.3, -0.25) is 9.89 Å². The van der Waals surface area contributed by atoms with E-state index in [2.05, 4.69) is 31.4 Å². The summed E-state index contributed by atoms with van der Waals surface area (Å²) in [6, 6.07) is 3.60. The van der Waals surface area contributed by atoms with E-state index in [4.69, 9.17) is 0 Å². The number of carbonyl (C=O) groups is 1. The van der Waals surface area contributed by atoms with Crippen LogP contribution < -0.4 is 5.32 Å². The van der Waals surface area contributed by atoms with E-state index < -0.39 is 0 Å². The Hall–Kier alpha value is -1.14. The second-order valence-corrected chi connectivity index (χ2v) is 4.33. The first kappa shape index (κ1) is 9.42. The number of nitrogens with one attached hydrogen (secondary N) is 2. The topological polar surface area (TPSA) is 57.8 Å². The van der Waals surface area contributed by atoms with Gasteiger partial charge >= 0.3 is 0 Å². The molecule has 2 aromatic rings. The van der Waals surface area contributed by atoms with Crippen LogP contribution in [0.15, 0.2) is 28.2 Å². The molecular weight excluding hydrogens is 266 g/mol. The number of rotatable bonds is 2. The quantitative estimate of drug-likeness (QED) is 0.882. The average molecular weight is 272 g/mol. The van der Waals surface area contributed by atoms with E-state index in [9.17, 15) is 4.79 Å². The van der Waals surface area contributed by atoms with Gasteiger partial charge in [-0.1, -0.05) is 6.07 Å². The van der Waals surface area contributed by atoms with E-state index in [0.29, 0.717) is 10.7 Å². The number of thiophene rings is 1. The molecule has 2 heterocycles. The molecule has 2 rings (SSSR count). The average Bonchev–Trinajstić information content (AvgIpc) is 2.77. The molecule has 4 nitrogen and oxygen atoms in total. The molecular formula is C8H6BrN3OS. The molecule has 6 heteroatoms. The number of halogens is 1. The van der Waals surface area contributed by atoms with Crippen LogP contribution in [-0.4, -0.2) is 16.1 Å². The van der Waals surface area contributed by atoms with Crippen molar-refractivity contribution in [2.75, 3.05) is 5.32 Å². The van der Waals surface area contributed by atoms with Gasteiger partial charge in [0.2, 0.25) is 0 Å². The molecule has 0 spiro atoms. The number of aromatic amines is 1. The van der Waals surface area contributed by atoms with E-state index in [1.54, 1.807) is 12.3 Å². The molecule has 0 fully saturated rings. The van der Waals surface area contributed by atoms with Crippen LogP contribution in [0.5, 0.6) is 0 Å². The van der Waals surface area contributed by atoms with Gasteiger partial charge in [0.15, 0.2) is 0 Å². The minimum atomic E-state index is -0.134. The highest BCUT2D eigenvalue weighted by Gasteiger charge is 2.09. The summed E-state index contributed by atoms with van der Waals surface area (Å²) in [6.45, 7) is 0. The fourth-order valence-corrected chi connectivity index (χ4v) is 1.85. The Morgan fingerprint density at radius 1 is 1.64 bits per heavy atom. The molecule has 0 bridgehead atoms. The lowest BCUT2D eigenvalue weighted by Gasteiger charge is -1.99. The third kappa shape index (κ3) is 1.85. The lowest BCUT2D eigenvalue weighted by Crippen LogP contribution is -2.10.